The molecule has 1 aliphatic rings. The van der Waals surface area contributed by atoms with Crippen molar-refractivity contribution < 1.29 is 0 Å². The van der Waals surface area contributed by atoms with Gasteiger partial charge in [0.1, 0.15) is 5.82 Å². The molecule has 0 atom stereocenters. The normalized spacial score (nSPS) is 16.9. The molecular formula is C14H17N3. The fraction of sp³-hybridized carbons (Fsp3) is 0.357. The average molecular weight is 227 g/mol. The van der Waals surface area contributed by atoms with Crippen LogP contribution in [0.5, 0.6) is 0 Å². The quantitative estimate of drug-likeness (QED) is 0.822. The van der Waals surface area contributed by atoms with E-state index in [1.165, 1.54) is 18.4 Å². The summed E-state index contributed by atoms with van der Waals surface area (Å²) >= 11 is 0. The highest BCUT2D eigenvalue weighted by molar-refractivity contribution is 5.31. The first-order chi connectivity index (χ1) is 8.39. The summed E-state index contributed by atoms with van der Waals surface area (Å²) in [5, 5.41) is 3.50. The maximum atomic E-state index is 4.21. The number of hydrogen-bond acceptors (Lipinski definition) is 2. The van der Waals surface area contributed by atoms with Crippen molar-refractivity contribution in [2.45, 2.75) is 24.8 Å². The Morgan fingerprint density at radius 2 is 2.06 bits per heavy atom. The monoisotopic (exact) mass is 227 g/mol. The summed E-state index contributed by atoms with van der Waals surface area (Å²) in [6.45, 7) is 1.86. The van der Waals surface area contributed by atoms with Gasteiger partial charge in [0.2, 0.25) is 0 Å². The van der Waals surface area contributed by atoms with Crippen molar-refractivity contribution in [3.05, 3.63) is 54.1 Å². The zero-order valence-corrected chi connectivity index (χ0v) is 9.82. The molecule has 3 heteroatoms. The Bertz CT molecular complexity index is 457. The predicted octanol–water partition coefficient (Wildman–Crippen LogP) is 2.23. The number of rotatable bonds is 5. The van der Waals surface area contributed by atoms with E-state index < -0.39 is 0 Å². The second-order valence-electron chi connectivity index (χ2n) is 4.79. The minimum atomic E-state index is 0.383. The minimum absolute atomic E-state index is 0.383. The van der Waals surface area contributed by atoms with Gasteiger partial charge in [0.05, 0.1) is 6.54 Å². The lowest BCUT2D eigenvalue weighted by atomic mass is 9.96. The number of H-pyrrole nitrogens is 1. The van der Waals surface area contributed by atoms with Crippen LogP contribution in [-0.2, 0) is 12.0 Å². The molecule has 2 aromatic rings. The minimum Gasteiger partial charge on any atom is -0.348 e. The van der Waals surface area contributed by atoms with E-state index in [0.717, 1.165) is 18.9 Å². The van der Waals surface area contributed by atoms with Crippen molar-refractivity contribution in [2.24, 2.45) is 0 Å². The van der Waals surface area contributed by atoms with E-state index in [-0.39, 0.29) is 0 Å². The molecule has 88 valence electrons. The summed E-state index contributed by atoms with van der Waals surface area (Å²) in [5.74, 6) is 1.01. The average Bonchev–Trinajstić information content (AvgIpc) is 2.98. The first-order valence-electron chi connectivity index (χ1n) is 6.14. The van der Waals surface area contributed by atoms with Gasteiger partial charge in [0.25, 0.3) is 0 Å². The van der Waals surface area contributed by atoms with Crippen LogP contribution in [0.25, 0.3) is 0 Å². The second kappa shape index (κ2) is 4.34. The van der Waals surface area contributed by atoms with E-state index in [9.17, 15) is 0 Å². The fourth-order valence-electron chi connectivity index (χ4n) is 2.32. The molecule has 3 nitrogen and oxygen atoms in total. The van der Waals surface area contributed by atoms with E-state index >= 15 is 0 Å². The lowest BCUT2D eigenvalue weighted by molar-refractivity contribution is 0.565. The van der Waals surface area contributed by atoms with E-state index in [1.807, 2.05) is 6.20 Å². The van der Waals surface area contributed by atoms with Gasteiger partial charge < -0.3 is 10.3 Å². The smallest absolute Gasteiger partial charge is 0.120 e. The summed E-state index contributed by atoms with van der Waals surface area (Å²) in [6, 6.07) is 10.8. The van der Waals surface area contributed by atoms with Crippen LogP contribution in [0.2, 0.25) is 0 Å². The van der Waals surface area contributed by atoms with Crippen LogP contribution in [0.4, 0.5) is 0 Å². The molecule has 0 amide bonds. The van der Waals surface area contributed by atoms with Gasteiger partial charge in [-0.1, -0.05) is 30.3 Å². The maximum absolute atomic E-state index is 4.21. The summed E-state index contributed by atoms with van der Waals surface area (Å²) in [4.78, 5) is 7.32. The topological polar surface area (TPSA) is 40.7 Å². The molecule has 1 aromatic carbocycles. The van der Waals surface area contributed by atoms with Crippen LogP contribution in [0.15, 0.2) is 42.7 Å². The Kier molecular flexibility index (Phi) is 2.69. The van der Waals surface area contributed by atoms with Crippen LogP contribution in [0.3, 0.4) is 0 Å². The molecule has 0 radical (unpaired) electrons. The van der Waals surface area contributed by atoms with Crippen LogP contribution >= 0.6 is 0 Å². The molecule has 1 heterocycles. The molecule has 17 heavy (non-hydrogen) atoms. The Morgan fingerprint density at radius 1 is 1.24 bits per heavy atom. The Balaban J connectivity index is 1.58. The molecule has 2 N–H and O–H groups in total. The lowest BCUT2D eigenvalue weighted by Gasteiger charge is -2.16. The van der Waals surface area contributed by atoms with Gasteiger partial charge in [-0.05, 0) is 18.4 Å². The highest BCUT2D eigenvalue weighted by Gasteiger charge is 2.43. The van der Waals surface area contributed by atoms with Crippen molar-refractivity contribution in [1.82, 2.24) is 15.3 Å². The molecule has 1 saturated carbocycles. The molecule has 1 fully saturated rings. The Labute approximate surface area is 101 Å². The molecule has 0 saturated heterocycles. The van der Waals surface area contributed by atoms with Gasteiger partial charge >= 0.3 is 0 Å². The summed E-state index contributed by atoms with van der Waals surface area (Å²) in [6.07, 6.45) is 6.24. The molecule has 3 rings (SSSR count). The summed E-state index contributed by atoms with van der Waals surface area (Å²) in [5.41, 5.74) is 1.85. The standard InChI is InChI=1S/C14H17N3/c1-2-4-12(5-3-1)14(6-7-14)11-15-10-13-16-8-9-17-13/h1-5,8-9,15H,6-7,10-11H2,(H,16,17). The summed E-state index contributed by atoms with van der Waals surface area (Å²) in [7, 11) is 0. The first kappa shape index (κ1) is 10.5. The molecule has 0 unspecified atom stereocenters. The van der Waals surface area contributed by atoms with Crippen molar-refractivity contribution in [1.29, 1.82) is 0 Å². The third kappa shape index (κ3) is 2.24. The maximum Gasteiger partial charge on any atom is 0.120 e. The van der Waals surface area contributed by atoms with Crippen molar-refractivity contribution in [2.75, 3.05) is 6.54 Å². The van der Waals surface area contributed by atoms with Crippen LogP contribution < -0.4 is 5.32 Å². The van der Waals surface area contributed by atoms with Crippen molar-refractivity contribution >= 4 is 0 Å². The highest BCUT2D eigenvalue weighted by atomic mass is 15.0. The van der Waals surface area contributed by atoms with Crippen molar-refractivity contribution in [3.8, 4) is 0 Å². The molecule has 0 spiro atoms. The number of imidazole rings is 1. The van der Waals surface area contributed by atoms with Gasteiger partial charge in [-0.15, -0.1) is 0 Å². The number of nitrogens with one attached hydrogen (secondary N) is 2. The third-order valence-corrected chi connectivity index (χ3v) is 3.55. The number of hydrogen-bond donors (Lipinski definition) is 2. The van der Waals surface area contributed by atoms with Crippen LogP contribution in [-0.4, -0.2) is 16.5 Å². The van der Waals surface area contributed by atoms with Gasteiger partial charge in [0.15, 0.2) is 0 Å². The van der Waals surface area contributed by atoms with Crippen molar-refractivity contribution in [3.63, 3.8) is 0 Å². The van der Waals surface area contributed by atoms with Gasteiger partial charge in [0, 0.05) is 24.4 Å². The van der Waals surface area contributed by atoms with E-state index in [1.54, 1.807) is 6.20 Å². The van der Waals surface area contributed by atoms with Gasteiger partial charge in [-0.2, -0.15) is 0 Å². The molecule has 0 bridgehead atoms. The Hall–Kier alpha value is -1.61. The van der Waals surface area contributed by atoms with Gasteiger partial charge in [-0.3, -0.25) is 0 Å². The van der Waals surface area contributed by atoms with Gasteiger partial charge in [-0.25, -0.2) is 4.98 Å². The zero-order chi connectivity index (χ0) is 11.6. The fourth-order valence-corrected chi connectivity index (χ4v) is 2.32. The predicted molar refractivity (Wildman–Crippen MR) is 67.6 cm³/mol. The molecule has 0 aliphatic heterocycles. The Morgan fingerprint density at radius 3 is 2.71 bits per heavy atom. The zero-order valence-electron chi connectivity index (χ0n) is 9.82. The number of benzene rings is 1. The highest BCUT2D eigenvalue weighted by Crippen LogP contribution is 2.47. The SMILES string of the molecule is c1ccc(C2(CNCc3ncc[nH]3)CC2)cc1. The lowest BCUT2D eigenvalue weighted by Crippen LogP contribution is -2.26. The number of nitrogens with zero attached hydrogens (tertiary/aromatic N) is 1. The number of aromatic nitrogens is 2. The molecular weight excluding hydrogens is 210 g/mol. The number of aromatic amines is 1. The molecule has 1 aromatic heterocycles. The summed E-state index contributed by atoms with van der Waals surface area (Å²) < 4.78 is 0. The van der Waals surface area contributed by atoms with Crippen LogP contribution in [0, 0.1) is 0 Å². The molecule has 1 aliphatic carbocycles. The van der Waals surface area contributed by atoms with E-state index in [0.29, 0.717) is 5.41 Å². The van der Waals surface area contributed by atoms with E-state index in [4.69, 9.17) is 0 Å². The second-order valence-corrected chi connectivity index (χ2v) is 4.79. The largest absolute Gasteiger partial charge is 0.348 e. The van der Waals surface area contributed by atoms with Crippen LogP contribution in [0.1, 0.15) is 24.2 Å². The first-order valence-corrected chi connectivity index (χ1v) is 6.14. The third-order valence-electron chi connectivity index (χ3n) is 3.55. The van der Waals surface area contributed by atoms with E-state index in [2.05, 4.69) is 45.6 Å².